The zero-order valence-electron chi connectivity index (χ0n) is 19.4. The number of aromatic nitrogens is 2. The van der Waals surface area contributed by atoms with Gasteiger partial charge in [-0.05, 0) is 43.5 Å². The molecule has 1 aromatic carbocycles. The van der Waals surface area contributed by atoms with Crippen LogP contribution >= 0.6 is 0 Å². The molecule has 2 heterocycles. The van der Waals surface area contributed by atoms with Crippen molar-refractivity contribution < 1.29 is 14.0 Å². The van der Waals surface area contributed by atoms with Crippen LogP contribution in [0.1, 0.15) is 16.8 Å². The molecule has 1 saturated heterocycles. The number of benzene rings is 1. The maximum absolute atomic E-state index is 14.6. The van der Waals surface area contributed by atoms with Crippen molar-refractivity contribution >= 4 is 35.0 Å². The first kappa shape index (κ1) is 23.0. The van der Waals surface area contributed by atoms with Crippen LogP contribution in [0.5, 0.6) is 0 Å². The molecule has 1 aromatic heterocycles. The Labute approximate surface area is 202 Å². The lowest BCUT2D eigenvalue weighted by atomic mass is 9.88. The van der Waals surface area contributed by atoms with Gasteiger partial charge in [0, 0.05) is 43.6 Å². The first-order valence-corrected chi connectivity index (χ1v) is 11.7. The van der Waals surface area contributed by atoms with E-state index in [4.69, 9.17) is 11.5 Å². The molecule has 2 aliphatic carbocycles. The highest BCUT2D eigenvalue weighted by atomic mass is 19.1. The molecule has 4 atom stereocenters. The minimum absolute atomic E-state index is 0.0103. The summed E-state index contributed by atoms with van der Waals surface area (Å²) >= 11 is 0. The number of halogens is 1. The third-order valence-electron chi connectivity index (χ3n) is 7.20. The summed E-state index contributed by atoms with van der Waals surface area (Å²) in [5.41, 5.74) is 13.0. The maximum Gasteiger partial charge on any atom is 0.250 e. The molecule has 2 bridgehead atoms. The number of hydrogen-bond acceptors (Lipinski definition) is 8. The van der Waals surface area contributed by atoms with Gasteiger partial charge < -0.3 is 31.9 Å². The normalized spacial score (nSPS) is 25.6. The van der Waals surface area contributed by atoms with E-state index in [1.165, 1.54) is 0 Å². The zero-order chi connectivity index (χ0) is 24.7. The first-order chi connectivity index (χ1) is 16.8. The van der Waals surface area contributed by atoms with Gasteiger partial charge in [-0.25, -0.2) is 9.37 Å². The van der Waals surface area contributed by atoms with E-state index in [0.717, 1.165) is 44.5 Å². The highest BCUT2D eigenvalue weighted by molar-refractivity contribution is 6.00. The average molecular weight is 481 g/mol. The van der Waals surface area contributed by atoms with E-state index in [2.05, 4.69) is 37.4 Å². The Morgan fingerprint density at radius 3 is 2.57 bits per heavy atom. The standard InChI is InChI=1S/C24H29FN8O2/c1-32-6-8-33(9-7-32)18-5-4-15(11-16(18)21(26)34)29-24-28-12-17(25)23(31-24)30-20-14-3-2-13(10-14)19(20)22(27)35/h2-5,11-14,19-20H,6-10H2,1H3,(H2,26,34)(H2,27,35)(H2,28,29,30,31). The molecule has 0 radical (unpaired) electrons. The van der Waals surface area contributed by atoms with E-state index < -0.39 is 23.5 Å². The molecule has 184 valence electrons. The zero-order valence-corrected chi connectivity index (χ0v) is 19.4. The van der Waals surface area contributed by atoms with Crippen LogP contribution < -0.4 is 27.0 Å². The smallest absolute Gasteiger partial charge is 0.250 e. The van der Waals surface area contributed by atoms with E-state index in [-0.39, 0.29) is 29.6 Å². The van der Waals surface area contributed by atoms with Crippen LogP contribution in [-0.2, 0) is 4.79 Å². The summed E-state index contributed by atoms with van der Waals surface area (Å²) in [6.07, 6.45) is 5.91. The van der Waals surface area contributed by atoms with Crippen molar-refractivity contribution in [1.29, 1.82) is 0 Å². The molecule has 6 N–H and O–H groups in total. The molecule has 2 fully saturated rings. The van der Waals surface area contributed by atoms with E-state index in [1.54, 1.807) is 6.07 Å². The van der Waals surface area contributed by atoms with Crippen molar-refractivity contribution in [3.8, 4) is 0 Å². The summed E-state index contributed by atoms with van der Waals surface area (Å²) < 4.78 is 14.6. The Kier molecular flexibility index (Phi) is 6.01. The summed E-state index contributed by atoms with van der Waals surface area (Å²) in [7, 11) is 2.06. The Hall–Kier alpha value is -3.73. The van der Waals surface area contributed by atoms with Crippen LogP contribution in [0.25, 0.3) is 0 Å². The van der Waals surface area contributed by atoms with Crippen molar-refractivity contribution in [3.05, 3.63) is 47.9 Å². The summed E-state index contributed by atoms with van der Waals surface area (Å²) in [5.74, 6) is -1.72. The van der Waals surface area contributed by atoms with Gasteiger partial charge in [-0.15, -0.1) is 0 Å². The summed E-state index contributed by atoms with van der Waals surface area (Å²) in [6, 6.07) is 4.97. The van der Waals surface area contributed by atoms with Crippen molar-refractivity contribution in [2.75, 3.05) is 48.8 Å². The van der Waals surface area contributed by atoms with Crippen LogP contribution in [0.2, 0.25) is 0 Å². The van der Waals surface area contributed by atoms with Gasteiger partial charge in [-0.2, -0.15) is 4.98 Å². The number of likely N-dealkylation sites (N-methyl/N-ethyl adjacent to an activating group) is 1. The number of fused-ring (bicyclic) bond motifs is 2. The summed E-state index contributed by atoms with van der Waals surface area (Å²) in [5, 5.41) is 6.11. The van der Waals surface area contributed by atoms with Gasteiger partial charge >= 0.3 is 0 Å². The largest absolute Gasteiger partial charge is 0.369 e. The molecule has 1 aliphatic heterocycles. The van der Waals surface area contributed by atoms with Crippen molar-refractivity contribution in [1.82, 2.24) is 14.9 Å². The number of allylic oxidation sites excluding steroid dienone is 1. The molecule has 1 saturated carbocycles. The minimum atomic E-state index is -0.631. The SMILES string of the molecule is CN1CCN(c2ccc(Nc3ncc(F)c(NC4C5C=CC(C5)C4C(N)=O)n3)cc2C(N)=O)CC1. The van der Waals surface area contributed by atoms with E-state index in [9.17, 15) is 14.0 Å². The van der Waals surface area contributed by atoms with E-state index in [0.29, 0.717) is 11.3 Å². The van der Waals surface area contributed by atoms with Crippen LogP contribution in [-0.4, -0.2) is 66.0 Å². The topological polar surface area (TPSA) is 142 Å². The predicted octanol–water partition coefficient (Wildman–Crippen LogP) is 1.30. The van der Waals surface area contributed by atoms with Gasteiger partial charge in [0.15, 0.2) is 11.6 Å². The number of nitrogens with two attached hydrogens (primary N) is 2. The molecule has 2 aromatic rings. The quantitative estimate of drug-likeness (QED) is 0.435. The third kappa shape index (κ3) is 4.51. The molecule has 0 spiro atoms. The van der Waals surface area contributed by atoms with Gasteiger partial charge in [0.05, 0.1) is 17.7 Å². The van der Waals surface area contributed by atoms with Crippen LogP contribution in [0.15, 0.2) is 36.5 Å². The molecular weight excluding hydrogens is 451 g/mol. The molecular formula is C24H29FN8O2. The Morgan fingerprint density at radius 1 is 1.11 bits per heavy atom. The Balaban J connectivity index is 1.36. The molecule has 5 rings (SSSR count). The van der Waals surface area contributed by atoms with Crippen molar-refractivity contribution in [2.24, 2.45) is 29.2 Å². The predicted molar refractivity (Wildman–Crippen MR) is 131 cm³/mol. The number of nitrogens with one attached hydrogen (secondary N) is 2. The molecule has 2 amide bonds. The second-order valence-corrected chi connectivity index (χ2v) is 9.45. The fourth-order valence-electron chi connectivity index (χ4n) is 5.36. The first-order valence-electron chi connectivity index (χ1n) is 11.7. The van der Waals surface area contributed by atoms with Crippen LogP contribution in [0.3, 0.4) is 0 Å². The second-order valence-electron chi connectivity index (χ2n) is 9.45. The number of amides is 2. The number of primary amides is 2. The minimum Gasteiger partial charge on any atom is -0.369 e. The van der Waals surface area contributed by atoms with E-state index in [1.807, 2.05) is 24.3 Å². The Morgan fingerprint density at radius 2 is 1.86 bits per heavy atom. The number of hydrogen-bond donors (Lipinski definition) is 4. The second kappa shape index (κ2) is 9.14. The van der Waals surface area contributed by atoms with Crippen molar-refractivity contribution in [2.45, 2.75) is 12.5 Å². The number of nitrogens with zero attached hydrogens (tertiary/aromatic N) is 4. The van der Waals surface area contributed by atoms with Crippen LogP contribution in [0, 0.1) is 23.6 Å². The van der Waals surface area contributed by atoms with Crippen molar-refractivity contribution in [3.63, 3.8) is 0 Å². The van der Waals surface area contributed by atoms with Gasteiger partial charge in [0.2, 0.25) is 11.9 Å². The highest BCUT2D eigenvalue weighted by Gasteiger charge is 2.47. The van der Waals surface area contributed by atoms with Gasteiger partial charge in [-0.3, -0.25) is 9.59 Å². The van der Waals surface area contributed by atoms with E-state index >= 15 is 0 Å². The molecule has 10 nitrogen and oxygen atoms in total. The maximum atomic E-state index is 14.6. The average Bonchev–Trinajstić information content (AvgIpc) is 3.44. The molecule has 4 unspecified atom stereocenters. The lowest BCUT2D eigenvalue weighted by Crippen LogP contribution is -2.45. The Bertz CT molecular complexity index is 1180. The number of anilines is 4. The summed E-state index contributed by atoms with van der Waals surface area (Å²) in [6.45, 7) is 3.38. The van der Waals surface area contributed by atoms with Crippen LogP contribution in [0.4, 0.5) is 27.5 Å². The lowest BCUT2D eigenvalue weighted by Gasteiger charge is -2.35. The fourth-order valence-corrected chi connectivity index (χ4v) is 5.36. The number of piperazine rings is 1. The summed E-state index contributed by atoms with van der Waals surface area (Å²) in [4.78, 5) is 36.9. The third-order valence-corrected chi connectivity index (χ3v) is 7.20. The molecule has 35 heavy (non-hydrogen) atoms. The van der Waals surface area contributed by atoms with Gasteiger partial charge in [-0.1, -0.05) is 12.2 Å². The number of carbonyl (C=O) groups is 2. The number of carbonyl (C=O) groups excluding carboxylic acids is 2. The number of rotatable bonds is 7. The molecule has 3 aliphatic rings. The lowest BCUT2D eigenvalue weighted by molar-refractivity contribution is -0.122. The fraction of sp³-hybridized carbons (Fsp3) is 0.417. The highest BCUT2D eigenvalue weighted by Crippen LogP contribution is 2.45. The molecule has 11 heteroatoms. The van der Waals surface area contributed by atoms with Gasteiger partial charge in [0.25, 0.3) is 5.91 Å². The van der Waals surface area contributed by atoms with Gasteiger partial charge in [0.1, 0.15) is 0 Å². The monoisotopic (exact) mass is 480 g/mol.